The minimum absolute atomic E-state index is 0.300. The molecule has 1 fully saturated rings. The van der Waals surface area contributed by atoms with Crippen molar-refractivity contribution in [3.63, 3.8) is 0 Å². The molecule has 1 aliphatic carbocycles. The first kappa shape index (κ1) is 10.2. The molecule has 78 valence electrons. The predicted molar refractivity (Wildman–Crippen MR) is 58.4 cm³/mol. The first-order chi connectivity index (χ1) is 7.07. The molecule has 1 aliphatic rings. The van der Waals surface area contributed by atoms with E-state index in [2.05, 4.69) is 32.0 Å². The predicted octanol–water partition coefficient (Wildman–Crippen LogP) is 2.22. The van der Waals surface area contributed by atoms with Gasteiger partial charge in [-0.3, -0.25) is 0 Å². The van der Waals surface area contributed by atoms with Crippen molar-refractivity contribution in [3.05, 3.63) is 34.9 Å². The second kappa shape index (κ2) is 3.36. The molecule has 0 aliphatic heterocycles. The number of rotatable bonds is 1. The van der Waals surface area contributed by atoms with E-state index in [1.54, 1.807) is 0 Å². The average Bonchev–Trinajstić information content (AvgIpc) is 2.17. The fourth-order valence-electron chi connectivity index (χ4n) is 2.18. The van der Waals surface area contributed by atoms with Crippen LogP contribution >= 0.6 is 0 Å². The molecule has 0 radical (unpaired) electrons. The molecule has 1 aromatic carbocycles. The molecule has 1 N–H and O–H groups in total. The van der Waals surface area contributed by atoms with E-state index in [4.69, 9.17) is 0 Å². The van der Waals surface area contributed by atoms with Gasteiger partial charge in [0, 0.05) is 0 Å². The van der Waals surface area contributed by atoms with Crippen LogP contribution in [-0.2, 0) is 5.41 Å². The minimum atomic E-state index is -0.433. The van der Waals surface area contributed by atoms with Crippen molar-refractivity contribution in [1.29, 1.82) is 5.26 Å². The molecule has 15 heavy (non-hydrogen) atoms. The number of benzene rings is 1. The van der Waals surface area contributed by atoms with E-state index < -0.39 is 5.41 Å². The highest BCUT2D eigenvalue weighted by Crippen LogP contribution is 2.43. The molecular formula is C13H15NO. The van der Waals surface area contributed by atoms with Crippen LogP contribution in [0.1, 0.15) is 29.5 Å². The zero-order valence-electron chi connectivity index (χ0n) is 9.12. The lowest BCUT2D eigenvalue weighted by atomic mass is 9.63. The van der Waals surface area contributed by atoms with E-state index in [9.17, 15) is 10.4 Å². The molecule has 0 bridgehead atoms. The van der Waals surface area contributed by atoms with Gasteiger partial charge < -0.3 is 5.11 Å². The fourth-order valence-corrected chi connectivity index (χ4v) is 2.18. The zero-order valence-corrected chi connectivity index (χ0v) is 9.12. The van der Waals surface area contributed by atoms with Gasteiger partial charge in [0.25, 0.3) is 0 Å². The lowest BCUT2D eigenvalue weighted by molar-refractivity contribution is 0.0447. The maximum absolute atomic E-state index is 9.35. The van der Waals surface area contributed by atoms with Gasteiger partial charge in [0.15, 0.2) is 0 Å². The normalized spacial score (nSPS) is 29.3. The minimum Gasteiger partial charge on any atom is -0.393 e. The van der Waals surface area contributed by atoms with Crippen molar-refractivity contribution < 1.29 is 5.11 Å². The maximum Gasteiger partial charge on any atom is 0.0871 e. The van der Waals surface area contributed by atoms with Gasteiger partial charge in [-0.15, -0.1) is 0 Å². The van der Waals surface area contributed by atoms with Crippen LogP contribution in [0.5, 0.6) is 0 Å². The zero-order chi connectivity index (χ0) is 11.1. The monoisotopic (exact) mass is 201 g/mol. The van der Waals surface area contributed by atoms with Crippen LogP contribution in [0.25, 0.3) is 0 Å². The second-order valence-electron chi connectivity index (χ2n) is 4.56. The summed E-state index contributed by atoms with van der Waals surface area (Å²) in [5, 5.41) is 18.6. The SMILES string of the molecule is Cc1ccc(C2(C#N)CC(O)C2)cc1C. The largest absolute Gasteiger partial charge is 0.393 e. The number of nitriles is 1. The van der Waals surface area contributed by atoms with Gasteiger partial charge in [-0.05, 0) is 43.4 Å². The van der Waals surface area contributed by atoms with Crippen molar-refractivity contribution in [1.82, 2.24) is 0 Å². The van der Waals surface area contributed by atoms with Gasteiger partial charge in [0.05, 0.1) is 17.6 Å². The third-order valence-corrected chi connectivity index (χ3v) is 3.44. The summed E-state index contributed by atoms with van der Waals surface area (Å²) < 4.78 is 0. The molecule has 0 atom stereocenters. The van der Waals surface area contributed by atoms with Crippen LogP contribution in [0.3, 0.4) is 0 Å². The number of aryl methyl sites for hydroxylation is 2. The van der Waals surface area contributed by atoms with Crippen molar-refractivity contribution in [2.24, 2.45) is 0 Å². The lowest BCUT2D eigenvalue weighted by Gasteiger charge is -2.40. The Balaban J connectivity index is 2.38. The van der Waals surface area contributed by atoms with Crippen molar-refractivity contribution in [2.45, 2.75) is 38.2 Å². The van der Waals surface area contributed by atoms with Crippen LogP contribution < -0.4 is 0 Å². The molecule has 0 aromatic heterocycles. The van der Waals surface area contributed by atoms with Gasteiger partial charge in [-0.25, -0.2) is 0 Å². The summed E-state index contributed by atoms with van der Waals surface area (Å²) in [4.78, 5) is 0. The first-order valence-electron chi connectivity index (χ1n) is 5.24. The van der Waals surface area contributed by atoms with Crippen LogP contribution in [0, 0.1) is 25.2 Å². The standard InChI is InChI=1S/C13H15NO/c1-9-3-4-11(5-10(9)2)13(8-14)6-12(15)7-13/h3-5,12,15H,6-7H2,1-2H3. The van der Waals surface area contributed by atoms with E-state index in [-0.39, 0.29) is 6.10 Å². The van der Waals surface area contributed by atoms with E-state index in [1.165, 1.54) is 11.1 Å². The quantitative estimate of drug-likeness (QED) is 0.757. The average molecular weight is 201 g/mol. The van der Waals surface area contributed by atoms with Crippen molar-refractivity contribution in [3.8, 4) is 6.07 Å². The van der Waals surface area contributed by atoms with E-state index >= 15 is 0 Å². The molecular weight excluding hydrogens is 186 g/mol. The molecule has 1 saturated carbocycles. The molecule has 0 spiro atoms. The highest BCUT2D eigenvalue weighted by Gasteiger charge is 2.45. The second-order valence-corrected chi connectivity index (χ2v) is 4.56. The van der Waals surface area contributed by atoms with Gasteiger partial charge >= 0.3 is 0 Å². The number of nitrogens with zero attached hydrogens (tertiary/aromatic N) is 1. The molecule has 0 saturated heterocycles. The summed E-state index contributed by atoms with van der Waals surface area (Å²) in [5.41, 5.74) is 3.08. The summed E-state index contributed by atoms with van der Waals surface area (Å²) >= 11 is 0. The Kier molecular flexibility index (Phi) is 2.28. The van der Waals surface area contributed by atoms with Crippen molar-refractivity contribution >= 4 is 0 Å². The molecule has 2 heteroatoms. The van der Waals surface area contributed by atoms with Crippen LogP contribution in [0.4, 0.5) is 0 Å². The highest BCUT2D eigenvalue weighted by molar-refractivity contribution is 5.41. The first-order valence-corrected chi connectivity index (χ1v) is 5.24. The van der Waals surface area contributed by atoms with Gasteiger partial charge in [-0.2, -0.15) is 5.26 Å². The summed E-state index contributed by atoms with van der Waals surface area (Å²) in [6.07, 6.45) is 0.851. The summed E-state index contributed by atoms with van der Waals surface area (Å²) in [7, 11) is 0. The highest BCUT2D eigenvalue weighted by atomic mass is 16.3. The van der Waals surface area contributed by atoms with Gasteiger partial charge in [0.1, 0.15) is 0 Å². The fraction of sp³-hybridized carbons (Fsp3) is 0.462. The summed E-state index contributed by atoms with van der Waals surface area (Å²) in [6, 6.07) is 8.48. The molecule has 2 nitrogen and oxygen atoms in total. The Hall–Kier alpha value is -1.33. The van der Waals surface area contributed by atoms with Crippen LogP contribution in [0.2, 0.25) is 0 Å². The number of hydrogen-bond donors (Lipinski definition) is 1. The Morgan fingerprint density at radius 3 is 2.47 bits per heavy atom. The number of aliphatic hydroxyl groups excluding tert-OH is 1. The smallest absolute Gasteiger partial charge is 0.0871 e. The molecule has 0 amide bonds. The molecule has 1 aromatic rings. The van der Waals surface area contributed by atoms with E-state index in [0.29, 0.717) is 12.8 Å². The Morgan fingerprint density at radius 2 is 2.00 bits per heavy atom. The lowest BCUT2D eigenvalue weighted by Crippen LogP contribution is -2.43. The molecule has 0 heterocycles. The maximum atomic E-state index is 9.35. The van der Waals surface area contributed by atoms with E-state index in [0.717, 1.165) is 5.56 Å². The summed E-state index contributed by atoms with van der Waals surface area (Å²) in [5.74, 6) is 0. The van der Waals surface area contributed by atoms with E-state index in [1.807, 2.05) is 6.07 Å². The Labute approximate surface area is 90.2 Å². The third-order valence-electron chi connectivity index (χ3n) is 3.44. The van der Waals surface area contributed by atoms with Crippen LogP contribution in [-0.4, -0.2) is 11.2 Å². The molecule has 2 rings (SSSR count). The topological polar surface area (TPSA) is 44.0 Å². The number of hydrogen-bond acceptors (Lipinski definition) is 2. The van der Waals surface area contributed by atoms with Gasteiger partial charge in [0.2, 0.25) is 0 Å². The number of aliphatic hydroxyl groups is 1. The molecule has 0 unspecified atom stereocenters. The van der Waals surface area contributed by atoms with Crippen LogP contribution in [0.15, 0.2) is 18.2 Å². The third kappa shape index (κ3) is 1.53. The van der Waals surface area contributed by atoms with Crippen molar-refractivity contribution in [2.75, 3.05) is 0 Å². The Bertz CT molecular complexity index is 425. The van der Waals surface area contributed by atoms with Gasteiger partial charge in [-0.1, -0.05) is 18.2 Å². The Morgan fingerprint density at radius 1 is 1.33 bits per heavy atom. The summed E-state index contributed by atoms with van der Waals surface area (Å²) in [6.45, 7) is 4.12.